The fourth-order valence-electron chi connectivity index (χ4n) is 4.13. The SMILES string of the molecule is O=C(O)CCC(NC(=O)OCC1c2ccccc2-c2ccccc21)C(=O)Nc1ccc(F)cc1Br. The van der Waals surface area contributed by atoms with Crippen LogP contribution in [-0.4, -0.2) is 35.7 Å². The standard InChI is InChI=1S/C26H22BrFN2O5/c27-21-13-15(28)9-10-22(21)29-25(33)23(11-12-24(31)32)30-26(34)35-14-20-18-7-3-1-5-16(18)17-6-2-4-8-19(17)20/h1-10,13,20,23H,11-12,14H2,(H,29,33)(H,30,34)(H,31,32). The highest BCUT2D eigenvalue weighted by atomic mass is 79.9. The minimum absolute atomic E-state index is 0.0522. The van der Waals surface area contributed by atoms with Crippen LogP contribution in [0.25, 0.3) is 11.1 Å². The van der Waals surface area contributed by atoms with Crippen molar-refractivity contribution in [2.45, 2.75) is 24.8 Å². The molecule has 1 aliphatic rings. The molecule has 0 aliphatic heterocycles. The van der Waals surface area contributed by atoms with Crippen molar-refractivity contribution >= 4 is 39.6 Å². The van der Waals surface area contributed by atoms with Crippen LogP contribution in [0.1, 0.15) is 29.9 Å². The topological polar surface area (TPSA) is 105 Å². The highest BCUT2D eigenvalue weighted by Gasteiger charge is 2.30. The van der Waals surface area contributed by atoms with Crippen LogP contribution in [0.3, 0.4) is 0 Å². The quantitative estimate of drug-likeness (QED) is 0.359. The molecule has 35 heavy (non-hydrogen) atoms. The van der Waals surface area contributed by atoms with Gasteiger partial charge in [-0.25, -0.2) is 9.18 Å². The maximum absolute atomic E-state index is 13.3. The van der Waals surface area contributed by atoms with Crippen LogP contribution in [0.4, 0.5) is 14.9 Å². The summed E-state index contributed by atoms with van der Waals surface area (Å²) in [5, 5.41) is 14.1. The summed E-state index contributed by atoms with van der Waals surface area (Å²) in [6, 6.07) is 18.3. The van der Waals surface area contributed by atoms with Crippen molar-refractivity contribution < 1.29 is 28.6 Å². The fraction of sp³-hybridized carbons (Fsp3) is 0.192. The minimum atomic E-state index is -1.17. The number of hydrogen-bond donors (Lipinski definition) is 3. The zero-order chi connectivity index (χ0) is 24.9. The molecule has 3 aromatic carbocycles. The maximum Gasteiger partial charge on any atom is 0.407 e. The van der Waals surface area contributed by atoms with Gasteiger partial charge in [0.2, 0.25) is 5.91 Å². The number of fused-ring (bicyclic) bond motifs is 3. The molecule has 0 saturated heterocycles. The predicted molar refractivity (Wildman–Crippen MR) is 132 cm³/mol. The number of carbonyl (C=O) groups is 3. The van der Waals surface area contributed by atoms with Gasteiger partial charge in [-0.1, -0.05) is 48.5 Å². The van der Waals surface area contributed by atoms with Gasteiger partial charge in [-0.05, 0) is 62.8 Å². The van der Waals surface area contributed by atoms with Crippen molar-refractivity contribution in [1.82, 2.24) is 5.32 Å². The number of amides is 2. The molecule has 1 unspecified atom stereocenters. The number of carbonyl (C=O) groups excluding carboxylic acids is 2. The fourth-order valence-corrected chi connectivity index (χ4v) is 4.58. The first-order valence-corrected chi connectivity index (χ1v) is 11.7. The molecular weight excluding hydrogens is 519 g/mol. The van der Waals surface area contributed by atoms with Crippen LogP contribution in [-0.2, 0) is 14.3 Å². The number of nitrogens with one attached hydrogen (secondary N) is 2. The molecule has 0 aromatic heterocycles. The van der Waals surface area contributed by atoms with E-state index in [1.54, 1.807) is 0 Å². The van der Waals surface area contributed by atoms with Gasteiger partial charge in [0, 0.05) is 16.8 Å². The summed E-state index contributed by atoms with van der Waals surface area (Å²) < 4.78 is 19.1. The van der Waals surface area contributed by atoms with Crippen molar-refractivity contribution in [3.05, 3.63) is 88.1 Å². The third-order valence-electron chi connectivity index (χ3n) is 5.79. The van der Waals surface area contributed by atoms with Crippen LogP contribution in [0.15, 0.2) is 71.2 Å². The van der Waals surface area contributed by atoms with Crippen LogP contribution in [0.5, 0.6) is 0 Å². The van der Waals surface area contributed by atoms with Gasteiger partial charge in [-0.15, -0.1) is 0 Å². The Bertz CT molecular complexity index is 1240. The second-order valence-electron chi connectivity index (χ2n) is 8.07. The lowest BCUT2D eigenvalue weighted by molar-refractivity contribution is -0.137. The van der Waals surface area contributed by atoms with E-state index >= 15 is 0 Å². The van der Waals surface area contributed by atoms with E-state index in [2.05, 4.69) is 26.6 Å². The van der Waals surface area contributed by atoms with E-state index in [0.717, 1.165) is 22.3 Å². The van der Waals surface area contributed by atoms with Crippen LogP contribution < -0.4 is 10.6 Å². The van der Waals surface area contributed by atoms with Crippen molar-refractivity contribution in [3.8, 4) is 11.1 Å². The van der Waals surface area contributed by atoms with Crippen LogP contribution >= 0.6 is 15.9 Å². The molecule has 0 fully saturated rings. The summed E-state index contributed by atoms with van der Waals surface area (Å²) in [6.45, 7) is 0.0522. The minimum Gasteiger partial charge on any atom is -0.481 e. The van der Waals surface area contributed by atoms with Gasteiger partial charge in [-0.3, -0.25) is 9.59 Å². The number of aliphatic carboxylic acids is 1. The number of halogens is 2. The second kappa shape index (κ2) is 10.7. The van der Waals surface area contributed by atoms with Gasteiger partial charge in [0.1, 0.15) is 18.5 Å². The van der Waals surface area contributed by atoms with Crippen molar-refractivity contribution in [2.75, 3.05) is 11.9 Å². The van der Waals surface area contributed by atoms with E-state index in [4.69, 9.17) is 9.84 Å². The molecule has 0 spiro atoms. The zero-order valence-corrected chi connectivity index (χ0v) is 20.0. The Kier molecular flexibility index (Phi) is 7.45. The molecule has 0 bridgehead atoms. The van der Waals surface area contributed by atoms with Crippen molar-refractivity contribution in [2.24, 2.45) is 0 Å². The molecule has 7 nitrogen and oxygen atoms in total. The molecule has 3 N–H and O–H groups in total. The first-order valence-electron chi connectivity index (χ1n) is 10.9. The number of ether oxygens (including phenoxy) is 1. The van der Waals surface area contributed by atoms with Gasteiger partial charge >= 0.3 is 12.1 Å². The number of benzene rings is 3. The Hall–Kier alpha value is -3.72. The Morgan fingerprint density at radius 3 is 2.23 bits per heavy atom. The summed E-state index contributed by atoms with van der Waals surface area (Å²) in [4.78, 5) is 36.5. The molecule has 0 heterocycles. The largest absolute Gasteiger partial charge is 0.481 e. The molecular formula is C26H22BrFN2O5. The highest BCUT2D eigenvalue weighted by molar-refractivity contribution is 9.10. The average molecular weight is 541 g/mol. The van der Waals surface area contributed by atoms with E-state index in [1.807, 2.05) is 48.5 Å². The molecule has 1 aliphatic carbocycles. The first kappa shape index (κ1) is 24.4. The summed E-state index contributed by atoms with van der Waals surface area (Å²) in [7, 11) is 0. The lowest BCUT2D eigenvalue weighted by Crippen LogP contribution is -2.44. The molecule has 2 amide bonds. The van der Waals surface area contributed by atoms with Gasteiger partial charge in [0.25, 0.3) is 0 Å². The third-order valence-corrected chi connectivity index (χ3v) is 6.44. The number of carboxylic acids is 1. The summed E-state index contributed by atoms with van der Waals surface area (Å²) >= 11 is 3.17. The normalized spacial score (nSPS) is 12.9. The number of carboxylic acid groups (broad SMARTS) is 1. The summed E-state index contributed by atoms with van der Waals surface area (Å²) in [6.07, 6.45) is -1.33. The Balaban J connectivity index is 1.43. The zero-order valence-electron chi connectivity index (χ0n) is 18.5. The Morgan fingerprint density at radius 1 is 1.00 bits per heavy atom. The van der Waals surface area contributed by atoms with E-state index in [1.165, 1.54) is 18.2 Å². The molecule has 180 valence electrons. The Labute approximate surface area is 209 Å². The molecule has 4 rings (SSSR count). The van der Waals surface area contributed by atoms with Gasteiger partial charge < -0.3 is 20.5 Å². The van der Waals surface area contributed by atoms with Crippen molar-refractivity contribution in [3.63, 3.8) is 0 Å². The van der Waals surface area contributed by atoms with E-state index in [-0.39, 0.29) is 31.1 Å². The number of rotatable bonds is 8. The highest BCUT2D eigenvalue weighted by Crippen LogP contribution is 2.44. The average Bonchev–Trinajstić information content (AvgIpc) is 3.15. The predicted octanol–water partition coefficient (Wildman–Crippen LogP) is 5.30. The summed E-state index contributed by atoms with van der Waals surface area (Å²) in [5.41, 5.74) is 4.54. The molecule has 0 saturated carbocycles. The first-order chi connectivity index (χ1) is 16.8. The number of anilines is 1. The van der Waals surface area contributed by atoms with E-state index in [9.17, 15) is 18.8 Å². The van der Waals surface area contributed by atoms with E-state index in [0.29, 0.717) is 4.47 Å². The van der Waals surface area contributed by atoms with Crippen LogP contribution in [0.2, 0.25) is 0 Å². The number of alkyl carbamates (subject to hydrolysis) is 1. The lowest BCUT2D eigenvalue weighted by atomic mass is 9.98. The van der Waals surface area contributed by atoms with Crippen LogP contribution in [0, 0.1) is 5.82 Å². The number of hydrogen-bond acceptors (Lipinski definition) is 4. The Morgan fingerprint density at radius 2 is 1.63 bits per heavy atom. The molecule has 3 aromatic rings. The van der Waals surface area contributed by atoms with Gasteiger partial charge in [0.05, 0.1) is 5.69 Å². The second-order valence-corrected chi connectivity index (χ2v) is 8.92. The smallest absolute Gasteiger partial charge is 0.407 e. The third kappa shape index (κ3) is 5.68. The van der Waals surface area contributed by atoms with Gasteiger partial charge in [-0.2, -0.15) is 0 Å². The molecule has 1 atom stereocenters. The summed E-state index contributed by atoms with van der Waals surface area (Å²) in [5.74, 6) is -2.41. The molecule has 0 radical (unpaired) electrons. The monoisotopic (exact) mass is 540 g/mol. The van der Waals surface area contributed by atoms with E-state index < -0.39 is 29.8 Å². The molecule has 9 heteroatoms. The lowest BCUT2D eigenvalue weighted by Gasteiger charge is -2.19. The maximum atomic E-state index is 13.3. The van der Waals surface area contributed by atoms with Gasteiger partial charge in [0.15, 0.2) is 0 Å². The van der Waals surface area contributed by atoms with Crippen molar-refractivity contribution in [1.29, 1.82) is 0 Å².